The topological polar surface area (TPSA) is 64.6 Å². The zero-order valence-electron chi connectivity index (χ0n) is 14.4. The lowest BCUT2D eigenvalue weighted by molar-refractivity contribution is 0.0198. The number of carbonyl (C=O) groups excluding carboxylic acids is 2. The van der Waals surface area contributed by atoms with E-state index >= 15 is 0 Å². The average Bonchev–Trinajstić information content (AvgIpc) is 3.15. The molecule has 1 N–H and O–H groups in total. The Balaban J connectivity index is 1.60. The zero-order chi connectivity index (χ0) is 19.2. The smallest absolute Gasteiger partial charge is 0.441 e. The highest BCUT2D eigenvalue weighted by atomic mass is 32.1. The Morgan fingerprint density at radius 1 is 1.11 bits per heavy atom. The van der Waals surface area contributed by atoms with Crippen LogP contribution in [0.15, 0.2) is 60.0 Å². The van der Waals surface area contributed by atoms with Gasteiger partial charge in [-0.3, -0.25) is 0 Å². The van der Waals surface area contributed by atoms with Crippen molar-refractivity contribution in [2.75, 3.05) is 0 Å². The summed E-state index contributed by atoms with van der Waals surface area (Å²) in [6.07, 6.45) is -0.898. The number of carbonyl (C=O) groups is 2. The van der Waals surface area contributed by atoms with Crippen LogP contribution in [0.3, 0.4) is 0 Å². The Bertz CT molecular complexity index is 956. The monoisotopic (exact) mass is 385 g/mol. The number of hydrogen-bond acceptors (Lipinski definition) is 5. The van der Waals surface area contributed by atoms with Crippen molar-refractivity contribution < 1.29 is 23.6 Å². The van der Waals surface area contributed by atoms with E-state index in [4.69, 9.17) is 9.57 Å². The molecule has 27 heavy (non-hydrogen) atoms. The molecule has 0 fully saturated rings. The van der Waals surface area contributed by atoms with E-state index in [1.165, 1.54) is 23.5 Å². The van der Waals surface area contributed by atoms with E-state index in [0.717, 1.165) is 11.1 Å². The molecule has 5 nitrogen and oxygen atoms in total. The van der Waals surface area contributed by atoms with Gasteiger partial charge < -0.3 is 9.57 Å². The summed E-state index contributed by atoms with van der Waals surface area (Å²) in [6, 6.07) is 15.3. The number of ether oxygens (including phenoxy) is 1. The SMILES string of the molecule is Cc1ccc(-c2sccc2C(=O)ONC(=O)OCc2ccccc2)c(F)c1. The lowest BCUT2D eigenvalue weighted by Crippen LogP contribution is -2.27. The molecule has 1 amide bonds. The van der Waals surface area contributed by atoms with Crippen molar-refractivity contribution in [1.82, 2.24) is 5.48 Å². The van der Waals surface area contributed by atoms with E-state index in [-0.39, 0.29) is 12.2 Å². The number of amides is 1. The van der Waals surface area contributed by atoms with Gasteiger partial charge in [-0.05, 0) is 35.6 Å². The molecule has 0 spiro atoms. The highest BCUT2D eigenvalue weighted by Gasteiger charge is 2.19. The summed E-state index contributed by atoms with van der Waals surface area (Å²) < 4.78 is 19.2. The van der Waals surface area contributed by atoms with Crippen molar-refractivity contribution in [3.63, 3.8) is 0 Å². The van der Waals surface area contributed by atoms with Crippen LogP contribution in [0.5, 0.6) is 0 Å². The Morgan fingerprint density at radius 2 is 1.89 bits per heavy atom. The van der Waals surface area contributed by atoms with Crippen molar-refractivity contribution in [3.8, 4) is 10.4 Å². The van der Waals surface area contributed by atoms with Gasteiger partial charge >= 0.3 is 12.1 Å². The van der Waals surface area contributed by atoms with Gasteiger partial charge in [0.1, 0.15) is 12.4 Å². The first kappa shape index (κ1) is 18.6. The molecule has 0 aliphatic carbocycles. The average molecular weight is 385 g/mol. The van der Waals surface area contributed by atoms with Crippen LogP contribution in [0.1, 0.15) is 21.5 Å². The van der Waals surface area contributed by atoms with Gasteiger partial charge in [0.15, 0.2) is 0 Å². The second-order valence-corrected chi connectivity index (χ2v) is 6.62. The van der Waals surface area contributed by atoms with Gasteiger partial charge in [-0.25, -0.2) is 14.0 Å². The first-order chi connectivity index (χ1) is 13.0. The molecule has 1 aromatic heterocycles. The maximum atomic E-state index is 14.2. The van der Waals surface area contributed by atoms with Gasteiger partial charge in [0.05, 0.1) is 10.4 Å². The fourth-order valence-electron chi connectivity index (χ4n) is 2.38. The molecule has 7 heteroatoms. The minimum absolute atomic E-state index is 0.0441. The number of thiophene rings is 1. The van der Waals surface area contributed by atoms with E-state index in [1.807, 2.05) is 23.7 Å². The third-order valence-corrected chi connectivity index (χ3v) is 4.64. The summed E-state index contributed by atoms with van der Waals surface area (Å²) in [6.45, 7) is 1.82. The highest BCUT2D eigenvalue weighted by Crippen LogP contribution is 2.32. The molecule has 3 rings (SSSR count). The van der Waals surface area contributed by atoms with Crippen molar-refractivity contribution in [2.24, 2.45) is 0 Å². The van der Waals surface area contributed by atoms with Gasteiger partial charge in [0, 0.05) is 5.56 Å². The predicted octanol–water partition coefficient (Wildman–Crippen LogP) is 4.86. The molecule has 1 heterocycles. The van der Waals surface area contributed by atoms with E-state index < -0.39 is 17.9 Å². The fourth-order valence-corrected chi connectivity index (χ4v) is 3.29. The molecule has 0 saturated carbocycles. The van der Waals surface area contributed by atoms with Crippen LogP contribution in [0.4, 0.5) is 9.18 Å². The minimum atomic E-state index is -0.898. The highest BCUT2D eigenvalue weighted by molar-refractivity contribution is 7.14. The number of halogens is 1. The van der Waals surface area contributed by atoms with E-state index in [9.17, 15) is 14.0 Å². The van der Waals surface area contributed by atoms with Crippen molar-refractivity contribution in [1.29, 1.82) is 0 Å². The summed E-state index contributed by atoms with van der Waals surface area (Å²) in [5, 5.41) is 1.65. The van der Waals surface area contributed by atoms with Crippen molar-refractivity contribution in [2.45, 2.75) is 13.5 Å². The third kappa shape index (κ3) is 4.71. The number of hydrogen-bond donors (Lipinski definition) is 1. The van der Waals surface area contributed by atoms with Crippen molar-refractivity contribution >= 4 is 23.4 Å². The van der Waals surface area contributed by atoms with Crippen LogP contribution in [-0.2, 0) is 16.2 Å². The summed E-state index contributed by atoms with van der Waals surface area (Å²) in [5.41, 5.74) is 3.98. The molecule has 0 saturated heterocycles. The summed E-state index contributed by atoms with van der Waals surface area (Å²) in [7, 11) is 0. The first-order valence-electron chi connectivity index (χ1n) is 8.06. The Labute approximate surface area is 159 Å². The Morgan fingerprint density at radius 3 is 2.63 bits per heavy atom. The number of aryl methyl sites for hydroxylation is 1. The summed E-state index contributed by atoms with van der Waals surface area (Å²) in [4.78, 5) is 29.1. The second kappa shape index (κ2) is 8.46. The molecular weight excluding hydrogens is 369 g/mol. The summed E-state index contributed by atoms with van der Waals surface area (Å²) in [5.74, 6) is -1.23. The van der Waals surface area contributed by atoms with Gasteiger partial charge in [-0.1, -0.05) is 42.5 Å². The van der Waals surface area contributed by atoms with E-state index in [0.29, 0.717) is 10.4 Å². The molecule has 2 aromatic carbocycles. The van der Waals surface area contributed by atoms with Gasteiger partial charge in [-0.2, -0.15) is 0 Å². The maximum Gasteiger partial charge on any atom is 0.441 e. The van der Waals surface area contributed by atoms with Crippen LogP contribution < -0.4 is 5.48 Å². The largest absolute Gasteiger partial charge is 0.443 e. The quantitative estimate of drug-likeness (QED) is 0.652. The third-order valence-electron chi connectivity index (χ3n) is 3.69. The van der Waals surface area contributed by atoms with Gasteiger partial charge in [0.25, 0.3) is 0 Å². The minimum Gasteiger partial charge on any atom is -0.443 e. The lowest BCUT2D eigenvalue weighted by atomic mass is 10.1. The Kier molecular flexibility index (Phi) is 5.83. The molecule has 0 bridgehead atoms. The molecule has 0 unspecified atom stereocenters. The van der Waals surface area contributed by atoms with Crippen LogP contribution >= 0.6 is 11.3 Å². The van der Waals surface area contributed by atoms with E-state index in [1.54, 1.807) is 36.6 Å². The normalized spacial score (nSPS) is 10.3. The molecule has 3 aromatic rings. The lowest BCUT2D eigenvalue weighted by Gasteiger charge is -2.08. The Hall–Kier alpha value is -3.19. The number of rotatable bonds is 4. The van der Waals surface area contributed by atoms with Gasteiger partial charge in [-0.15, -0.1) is 16.8 Å². The number of nitrogens with one attached hydrogen (secondary N) is 1. The maximum absolute atomic E-state index is 14.2. The first-order valence-corrected chi connectivity index (χ1v) is 8.94. The number of benzene rings is 2. The molecular formula is C20H16FNO4S. The molecule has 0 aliphatic rings. The van der Waals surface area contributed by atoms with Crippen LogP contribution in [-0.4, -0.2) is 12.1 Å². The zero-order valence-corrected chi connectivity index (χ0v) is 15.2. The molecule has 0 aliphatic heterocycles. The summed E-state index contributed by atoms with van der Waals surface area (Å²) >= 11 is 1.21. The van der Waals surface area contributed by atoms with Crippen molar-refractivity contribution in [3.05, 3.63) is 82.5 Å². The standard InChI is InChI=1S/C20H16FNO4S/c1-13-7-8-15(17(21)11-13)18-16(9-10-27-18)19(23)26-22-20(24)25-12-14-5-3-2-4-6-14/h2-11H,12H2,1H3,(H,22,24). The fraction of sp³-hybridized carbons (Fsp3) is 0.100. The van der Waals surface area contributed by atoms with Crippen LogP contribution in [0.25, 0.3) is 10.4 Å². The van der Waals surface area contributed by atoms with E-state index in [2.05, 4.69) is 0 Å². The second-order valence-electron chi connectivity index (χ2n) is 5.70. The molecule has 0 radical (unpaired) electrons. The number of hydroxylamine groups is 1. The van der Waals surface area contributed by atoms with Gasteiger partial charge in [0.2, 0.25) is 0 Å². The predicted molar refractivity (Wildman–Crippen MR) is 99.6 cm³/mol. The van der Waals surface area contributed by atoms with Crippen LogP contribution in [0.2, 0.25) is 0 Å². The molecule has 138 valence electrons. The van der Waals surface area contributed by atoms with Crippen LogP contribution in [0, 0.1) is 12.7 Å². The molecule has 0 atom stereocenters.